The Morgan fingerprint density at radius 1 is 1.10 bits per heavy atom. The molecule has 4 nitrogen and oxygen atoms in total. The first-order chi connectivity index (χ1) is 10.00. The number of hydrogen-bond acceptors (Lipinski definition) is 3. The molecule has 0 spiro atoms. The van der Waals surface area contributed by atoms with E-state index in [-0.39, 0.29) is 5.56 Å². The molecular weight excluding hydrogens is 266 g/mol. The van der Waals surface area contributed by atoms with Crippen LogP contribution in [0.1, 0.15) is 35.7 Å². The third-order valence-electron chi connectivity index (χ3n) is 3.68. The molecule has 21 heavy (non-hydrogen) atoms. The summed E-state index contributed by atoms with van der Waals surface area (Å²) in [6.45, 7) is 4.01. The van der Waals surface area contributed by atoms with Crippen LogP contribution in [0.15, 0.2) is 52.9 Å². The van der Waals surface area contributed by atoms with E-state index in [1.54, 1.807) is 12.1 Å². The number of aromatic carboxylic acids is 1. The molecule has 0 unspecified atom stereocenters. The Balaban J connectivity index is 2.18. The van der Waals surface area contributed by atoms with E-state index in [0.717, 1.165) is 5.56 Å². The van der Waals surface area contributed by atoms with E-state index in [2.05, 4.69) is 4.98 Å². The normalized spacial score (nSPS) is 11.7. The molecule has 0 aliphatic rings. The van der Waals surface area contributed by atoms with Crippen molar-refractivity contribution in [3.8, 4) is 0 Å². The Bertz CT molecular complexity index is 803. The quantitative estimate of drug-likeness (QED) is 0.792. The van der Waals surface area contributed by atoms with Crippen molar-refractivity contribution in [2.75, 3.05) is 0 Å². The highest BCUT2D eigenvalue weighted by Gasteiger charge is 2.29. The van der Waals surface area contributed by atoms with Crippen molar-refractivity contribution in [1.82, 2.24) is 4.98 Å². The van der Waals surface area contributed by atoms with Crippen LogP contribution in [0, 0.1) is 0 Å². The first-order valence-electron chi connectivity index (χ1n) is 6.69. The molecule has 4 heteroatoms. The predicted molar refractivity (Wildman–Crippen MR) is 79.5 cm³/mol. The van der Waals surface area contributed by atoms with Crippen LogP contribution in [0.3, 0.4) is 0 Å². The Kier molecular flexibility index (Phi) is 3.01. The van der Waals surface area contributed by atoms with Gasteiger partial charge in [0.25, 0.3) is 0 Å². The van der Waals surface area contributed by atoms with Gasteiger partial charge < -0.3 is 9.52 Å². The second kappa shape index (κ2) is 4.74. The Morgan fingerprint density at radius 3 is 2.48 bits per heavy atom. The van der Waals surface area contributed by atoms with Gasteiger partial charge in [-0.05, 0) is 31.5 Å². The second-order valence-corrected chi connectivity index (χ2v) is 5.47. The molecule has 0 bridgehead atoms. The van der Waals surface area contributed by atoms with Crippen molar-refractivity contribution >= 4 is 17.1 Å². The molecule has 0 amide bonds. The number of fused-ring (bicyclic) bond motifs is 1. The molecule has 3 rings (SSSR count). The van der Waals surface area contributed by atoms with Gasteiger partial charge in [0.05, 0.1) is 5.41 Å². The van der Waals surface area contributed by atoms with Gasteiger partial charge in [-0.3, -0.25) is 0 Å². The molecule has 0 aliphatic heterocycles. The fourth-order valence-electron chi connectivity index (χ4n) is 2.36. The summed E-state index contributed by atoms with van der Waals surface area (Å²) in [5.41, 5.74) is 1.65. The second-order valence-electron chi connectivity index (χ2n) is 5.47. The molecule has 1 N–H and O–H groups in total. The van der Waals surface area contributed by atoms with Crippen LogP contribution in [-0.4, -0.2) is 16.1 Å². The summed E-state index contributed by atoms with van der Waals surface area (Å²) in [6, 6.07) is 14.8. The number of oxazole rings is 1. The van der Waals surface area contributed by atoms with Crippen LogP contribution in [0.5, 0.6) is 0 Å². The van der Waals surface area contributed by atoms with Crippen molar-refractivity contribution in [3.63, 3.8) is 0 Å². The molecule has 0 atom stereocenters. The SMILES string of the molecule is CC(C)(c1ccccc1)c1nc2cccc(C(=O)O)c2o1. The average Bonchev–Trinajstić information content (AvgIpc) is 2.92. The van der Waals surface area contributed by atoms with Gasteiger partial charge in [-0.15, -0.1) is 0 Å². The van der Waals surface area contributed by atoms with E-state index in [4.69, 9.17) is 4.42 Å². The third kappa shape index (κ3) is 2.18. The fraction of sp³-hybridized carbons (Fsp3) is 0.176. The van der Waals surface area contributed by atoms with Gasteiger partial charge in [0.1, 0.15) is 11.1 Å². The molecule has 1 aromatic heterocycles. The van der Waals surface area contributed by atoms with Crippen LogP contribution in [0.2, 0.25) is 0 Å². The van der Waals surface area contributed by atoms with Crippen molar-refractivity contribution in [3.05, 3.63) is 65.5 Å². The molecule has 0 aliphatic carbocycles. The third-order valence-corrected chi connectivity index (χ3v) is 3.68. The summed E-state index contributed by atoms with van der Waals surface area (Å²) in [5.74, 6) is -0.502. The average molecular weight is 281 g/mol. The van der Waals surface area contributed by atoms with Crippen molar-refractivity contribution in [2.45, 2.75) is 19.3 Å². The lowest BCUT2D eigenvalue weighted by atomic mass is 9.84. The Hall–Kier alpha value is -2.62. The number of aromatic nitrogens is 1. The van der Waals surface area contributed by atoms with Gasteiger partial charge in [-0.1, -0.05) is 36.4 Å². The number of rotatable bonds is 3. The van der Waals surface area contributed by atoms with E-state index in [1.165, 1.54) is 6.07 Å². The number of benzene rings is 2. The zero-order valence-corrected chi connectivity index (χ0v) is 11.8. The van der Waals surface area contributed by atoms with Crippen molar-refractivity contribution in [2.24, 2.45) is 0 Å². The van der Waals surface area contributed by atoms with Crippen LogP contribution in [-0.2, 0) is 5.41 Å². The minimum Gasteiger partial charge on any atom is -0.478 e. The minimum absolute atomic E-state index is 0.134. The van der Waals surface area contributed by atoms with Gasteiger partial charge in [0, 0.05) is 0 Å². The lowest BCUT2D eigenvalue weighted by Gasteiger charge is -2.20. The monoisotopic (exact) mass is 281 g/mol. The van der Waals surface area contributed by atoms with E-state index in [0.29, 0.717) is 17.0 Å². The highest BCUT2D eigenvalue weighted by molar-refractivity contribution is 5.99. The summed E-state index contributed by atoms with van der Waals surface area (Å²) in [6.07, 6.45) is 0. The fourth-order valence-corrected chi connectivity index (χ4v) is 2.36. The van der Waals surface area contributed by atoms with Crippen LogP contribution in [0.25, 0.3) is 11.1 Å². The largest absolute Gasteiger partial charge is 0.478 e. The molecule has 0 fully saturated rings. The van der Waals surface area contributed by atoms with Gasteiger partial charge in [-0.25, -0.2) is 9.78 Å². The van der Waals surface area contributed by atoms with Crippen LogP contribution in [0.4, 0.5) is 0 Å². The van der Waals surface area contributed by atoms with E-state index < -0.39 is 11.4 Å². The zero-order chi connectivity index (χ0) is 15.0. The van der Waals surface area contributed by atoms with Gasteiger partial charge >= 0.3 is 5.97 Å². The number of hydrogen-bond donors (Lipinski definition) is 1. The molecule has 2 aromatic carbocycles. The number of carboxylic acid groups (broad SMARTS) is 1. The number of carboxylic acids is 1. The van der Waals surface area contributed by atoms with Crippen molar-refractivity contribution in [1.29, 1.82) is 0 Å². The predicted octanol–water partition coefficient (Wildman–Crippen LogP) is 3.85. The van der Waals surface area contributed by atoms with E-state index in [9.17, 15) is 9.90 Å². The smallest absolute Gasteiger partial charge is 0.339 e. The van der Waals surface area contributed by atoms with Gasteiger partial charge in [0.15, 0.2) is 5.58 Å². The Labute approximate surface area is 122 Å². The van der Waals surface area contributed by atoms with Crippen LogP contribution < -0.4 is 0 Å². The number of para-hydroxylation sites is 1. The number of carbonyl (C=O) groups is 1. The van der Waals surface area contributed by atoms with Gasteiger partial charge in [-0.2, -0.15) is 0 Å². The molecule has 0 saturated heterocycles. The van der Waals surface area contributed by atoms with E-state index in [1.807, 2.05) is 44.2 Å². The lowest BCUT2D eigenvalue weighted by Crippen LogP contribution is -2.19. The summed E-state index contributed by atoms with van der Waals surface area (Å²) in [4.78, 5) is 15.7. The molecule has 106 valence electrons. The topological polar surface area (TPSA) is 63.3 Å². The molecule has 3 aromatic rings. The van der Waals surface area contributed by atoms with Crippen molar-refractivity contribution < 1.29 is 14.3 Å². The van der Waals surface area contributed by atoms with E-state index >= 15 is 0 Å². The first-order valence-corrected chi connectivity index (χ1v) is 6.69. The Morgan fingerprint density at radius 2 is 1.81 bits per heavy atom. The highest BCUT2D eigenvalue weighted by atomic mass is 16.4. The maximum Gasteiger partial charge on any atom is 0.339 e. The maximum atomic E-state index is 11.3. The minimum atomic E-state index is -1.01. The maximum absolute atomic E-state index is 11.3. The molecule has 0 radical (unpaired) electrons. The summed E-state index contributed by atoms with van der Waals surface area (Å²) in [5, 5.41) is 9.22. The standard InChI is InChI=1S/C17H15NO3/c1-17(2,11-7-4-3-5-8-11)16-18-13-10-6-9-12(15(19)20)14(13)21-16/h3-10H,1-2H3,(H,19,20). The molecular formula is C17H15NO3. The zero-order valence-electron chi connectivity index (χ0n) is 11.8. The van der Waals surface area contributed by atoms with Gasteiger partial charge in [0.2, 0.25) is 5.89 Å². The summed E-state index contributed by atoms with van der Waals surface area (Å²) in [7, 11) is 0. The summed E-state index contributed by atoms with van der Waals surface area (Å²) < 4.78 is 5.79. The molecule has 0 saturated carbocycles. The summed E-state index contributed by atoms with van der Waals surface area (Å²) >= 11 is 0. The number of nitrogens with zero attached hydrogens (tertiary/aromatic N) is 1. The first kappa shape index (κ1) is 13.4. The highest BCUT2D eigenvalue weighted by Crippen LogP contribution is 2.33. The lowest BCUT2D eigenvalue weighted by molar-refractivity contribution is 0.0697. The molecule has 1 heterocycles. The van der Waals surface area contributed by atoms with Crippen LogP contribution >= 0.6 is 0 Å².